The fourth-order valence-electron chi connectivity index (χ4n) is 2.91. The molecule has 5 nitrogen and oxygen atoms in total. The normalized spacial score (nSPS) is 14.9. The zero-order valence-electron chi connectivity index (χ0n) is 14.9. The Labute approximate surface area is 162 Å². The highest BCUT2D eigenvalue weighted by Gasteiger charge is 2.21. The lowest BCUT2D eigenvalue weighted by Gasteiger charge is -2.34. The minimum atomic E-state index is 0.103. The molecule has 1 aliphatic heterocycles. The summed E-state index contributed by atoms with van der Waals surface area (Å²) in [7, 11) is 1.65. The summed E-state index contributed by atoms with van der Waals surface area (Å²) < 4.78 is 11.9. The lowest BCUT2D eigenvalue weighted by atomic mass is 10.2. The van der Waals surface area contributed by atoms with Gasteiger partial charge in [0, 0.05) is 42.8 Å². The molecule has 0 aliphatic carbocycles. The van der Waals surface area contributed by atoms with E-state index in [4.69, 9.17) is 9.47 Å². The van der Waals surface area contributed by atoms with E-state index < -0.39 is 0 Å². The maximum absolute atomic E-state index is 12.5. The standard InChI is InChI=1S/C20H23BrN2O3/c1-25-18-6-8-19(9-7-18)26-15-14-22-10-12-23(13-11-22)20(24)16-2-4-17(21)5-3-16/h2-9H,10-15H2,1H3. The average Bonchev–Trinajstić information content (AvgIpc) is 2.69. The smallest absolute Gasteiger partial charge is 0.253 e. The van der Waals surface area contributed by atoms with Crippen LogP contribution in [0, 0.1) is 0 Å². The molecule has 0 aromatic heterocycles. The second-order valence-electron chi connectivity index (χ2n) is 6.16. The number of halogens is 1. The van der Waals surface area contributed by atoms with Crippen LogP contribution in [0.15, 0.2) is 53.0 Å². The van der Waals surface area contributed by atoms with Crippen molar-refractivity contribution in [2.75, 3.05) is 46.4 Å². The second kappa shape index (κ2) is 9.05. The van der Waals surface area contributed by atoms with Gasteiger partial charge in [0.1, 0.15) is 18.1 Å². The molecule has 0 radical (unpaired) electrons. The van der Waals surface area contributed by atoms with Crippen LogP contribution in [-0.2, 0) is 0 Å². The third-order valence-corrected chi connectivity index (χ3v) is 5.02. The van der Waals surface area contributed by atoms with Gasteiger partial charge in [-0.1, -0.05) is 15.9 Å². The number of carbonyl (C=O) groups is 1. The molecule has 3 rings (SSSR count). The van der Waals surface area contributed by atoms with Crippen LogP contribution in [-0.4, -0.2) is 62.1 Å². The molecule has 138 valence electrons. The molecule has 2 aromatic rings. The average molecular weight is 419 g/mol. The highest BCUT2D eigenvalue weighted by molar-refractivity contribution is 9.10. The van der Waals surface area contributed by atoms with E-state index in [2.05, 4.69) is 20.8 Å². The van der Waals surface area contributed by atoms with Crippen LogP contribution < -0.4 is 9.47 Å². The van der Waals surface area contributed by atoms with Gasteiger partial charge in [0.15, 0.2) is 0 Å². The van der Waals surface area contributed by atoms with E-state index >= 15 is 0 Å². The highest BCUT2D eigenvalue weighted by atomic mass is 79.9. The van der Waals surface area contributed by atoms with Gasteiger partial charge in [0.25, 0.3) is 5.91 Å². The number of piperazine rings is 1. The first-order valence-corrected chi connectivity index (χ1v) is 9.49. The number of benzene rings is 2. The maximum atomic E-state index is 12.5. The quantitative estimate of drug-likeness (QED) is 0.721. The Morgan fingerprint density at radius 2 is 1.58 bits per heavy atom. The summed E-state index contributed by atoms with van der Waals surface area (Å²) in [6.45, 7) is 4.72. The minimum absolute atomic E-state index is 0.103. The van der Waals surface area contributed by atoms with E-state index in [0.717, 1.165) is 54.3 Å². The lowest BCUT2D eigenvalue weighted by molar-refractivity contribution is 0.0620. The number of carbonyl (C=O) groups excluding carboxylic acids is 1. The first kappa shape index (κ1) is 18.7. The Kier molecular flexibility index (Phi) is 6.52. The molecule has 1 amide bonds. The number of hydrogen-bond acceptors (Lipinski definition) is 4. The summed E-state index contributed by atoms with van der Waals surface area (Å²) in [6.07, 6.45) is 0. The number of rotatable bonds is 6. The van der Waals surface area contributed by atoms with Crippen molar-refractivity contribution < 1.29 is 14.3 Å². The van der Waals surface area contributed by atoms with Crippen LogP contribution >= 0.6 is 15.9 Å². The number of nitrogens with zero attached hydrogens (tertiary/aromatic N) is 2. The third kappa shape index (κ3) is 4.99. The Morgan fingerprint density at radius 1 is 0.962 bits per heavy atom. The molecule has 0 unspecified atom stereocenters. The van der Waals surface area contributed by atoms with Crippen LogP contribution in [0.4, 0.5) is 0 Å². The van der Waals surface area contributed by atoms with Gasteiger partial charge in [-0.2, -0.15) is 0 Å². The van der Waals surface area contributed by atoms with Crippen LogP contribution in [0.2, 0.25) is 0 Å². The van der Waals surface area contributed by atoms with Gasteiger partial charge >= 0.3 is 0 Å². The lowest BCUT2D eigenvalue weighted by Crippen LogP contribution is -2.49. The molecular formula is C20H23BrN2O3. The van der Waals surface area contributed by atoms with Gasteiger partial charge in [-0.15, -0.1) is 0 Å². The van der Waals surface area contributed by atoms with E-state index in [9.17, 15) is 4.79 Å². The summed E-state index contributed by atoms with van der Waals surface area (Å²) in [5.41, 5.74) is 0.740. The predicted octanol–water partition coefficient (Wildman–Crippen LogP) is 3.29. The van der Waals surface area contributed by atoms with E-state index in [-0.39, 0.29) is 5.91 Å². The van der Waals surface area contributed by atoms with E-state index in [0.29, 0.717) is 6.61 Å². The van der Waals surface area contributed by atoms with Crippen LogP contribution in [0.1, 0.15) is 10.4 Å². The van der Waals surface area contributed by atoms with Crippen molar-refractivity contribution in [3.05, 3.63) is 58.6 Å². The summed E-state index contributed by atoms with van der Waals surface area (Å²) in [4.78, 5) is 16.8. The molecule has 1 heterocycles. The predicted molar refractivity (Wildman–Crippen MR) is 105 cm³/mol. The third-order valence-electron chi connectivity index (χ3n) is 4.49. The summed E-state index contributed by atoms with van der Waals surface area (Å²) in [5.74, 6) is 1.77. The Hall–Kier alpha value is -2.05. The molecule has 2 aromatic carbocycles. The Bertz CT molecular complexity index is 711. The maximum Gasteiger partial charge on any atom is 0.253 e. The molecule has 1 fully saturated rings. The SMILES string of the molecule is COc1ccc(OCCN2CCN(C(=O)c3ccc(Br)cc3)CC2)cc1. The van der Waals surface area contributed by atoms with Crippen molar-refractivity contribution in [2.24, 2.45) is 0 Å². The Morgan fingerprint density at radius 3 is 2.19 bits per heavy atom. The van der Waals surface area contributed by atoms with Gasteiger partial charge in [-0.3, -0.25) is 9.69 Å². The molecule has 0 bridgehead atoms. The molecule has 6 heteroatoms. The zero-order chi connectivity index (χ0) is 18.4. The second-order valence-corrected chi connectivity index (χ2v) is 7.08. The van der Waals surface area contributed by atoms with Gasteiger partial charge in [0.05, 0.1) is 7.11 Å². The van der Waals surface area contributed by atoms with Gasteiger partial charge in [0.2, 0.25) is 0 Å². The first-order valence-electron chi connectivity index (χ1n) is 8.70. The Balaban J connectivity index is 1.40. The van der Waals surface area contributed by atoms with Gasteiger partial charge in [-0.25, -0.2) is 0 Å². The van der Waals surface area contributed by atoms with Crippen LogP contribution in [0.5, 0.6) is 11.5 Å². The summed E-state index contributed by atoms with van der Waals surface area (Å²) >= 11 is 3.40. The van der Waals surface area contributed by atoms with Gasteiger partial charge in [-0.05, 0) is 48.5 Å². The van der Waals surface area contributed by atoms with E-state index in [1.807, 2.05) is 53.4 Å². The molecule has 0 N–H and O–H groups in total. The number of ether oxygens (including phenoxy) is 2. The van der Waals surface area contributed by atoms with Gasteiger partial charge < -0.3 is 14.4 Å². The van der Waals surface area contributed by atoms with Crippen molar-refractivity contribution in [2.45, 2.75) is 0 Å². The fraction of sp³-hybridized carbons (Fsp3) is 0.350. The largest absolute Gasteiger partial charge is 0.497 e. The number of hydrogen-bond donors (Lipinski definition) is 0. The summed E-state index contributed by atoms with van der Waals surface area (Å²) in [6, 6.07) is 15.1. The van der Waals surface area contributed by atoms with Crippen molar-refractivity contribution in [3.63, 3.8) is 0 Å². The molecular weight excluding hydrogens is 396 g/mol. The molecule has 1 saturated heterocycles. The van der Waals surface area contributed by atoms with Crippen molar-refractivity contribution in [1.82, 2.24) is 9.80 Å². The van der Waals surface area contributed by atoms with Crippen LogP contribution in [0.3, 0.4) is 0 Å². The van der Waals surface area contributed by atoms with Crippen LogP contribution in [0.25, 0.3) is 0 Å². The molecule has 1 aliphatic rings. The molecule has 0 saturated carbocycles. The van der Waals surface area contributed by atoms with Crippen molar-refractivity contribution >= 4 is 21.8 Å². The van der Waals surface area contributed by atoms with Crippen molar-refractivity contribution in [1.29, 1.82) is 0 Å². The number of methoxy groups -OCH3 is 1. The van der Waals surface area contributed by atoms with Crippen molar-refractivity contribution in [3.8, 4) is 11.5 Å². The zero-order valence-corrected chi connectivity index (χ0v) is 16.4. The molecule has 26 heavy (non-hydrogen) atoms. The molecule has 0 atom stereocenters. The van der Waals surface area contributed by atoms with E-state index in [1.165, 1.54) is 0 Å². The summed E-state index contributed by atoms with van der Waals surface area (Å²) in [5, 5.41) is 0. The minimum Gasteiger partial charge on any atom is -0.497 e. The molecule has 0 spiro atoms. The number of amides is 1. The topological polar surface area (TPSA) is 42.0 Å². The highest BCUT2D eigenvalue weighted by Crippen LogP contribution is 2.17. The monoisotopic (exact) mass is 418 g/mol. The fourth-order valence-corrected chi connectivity index (χ4v) is 3.18. The van der Waals surface area contributed by atoms with E-state index in [1.54, 1.807) is 7.11 Å². The first-order chi connectivity index (χ1) is 12.7.